The molecule has 0 spiro atoms. The molecule has 0 aliphatic carbocycles. The first-order chi connectivity index (χ1) is 44.4. The second-order valence-corrected chi connectivity index (χ2v) is 29.5. The second kappa shape index (κ2) is 41.2. The van der Waals surface area contributed by atoms with Crippen LogP contribution in [0.5, 0.6) is 0 Å². The van der Waals surface area contributed by atoms with E-state index in [1.807, 2.05) is 0 Å². The van der Waals surface area contributed by atoms with Crippen molar-refractivity contribution in [3.05, 3.63) is 179 Å². The Balaban J connectivity index is 0.00000115. The maximum Gasteiger partial charge on any atom is 0.337 e. The Morgan fingerprint density at radius 2 is 0.510 bits per heavy atom. The minimum Gasteiger partial charge on any atom is -0.478 e. The summed E-state index contributed by atoms with van der Waals surface area (Å²) in [5, 5.41) is 126. The van der Waals surface area contributed by atoms with Gasteiger partial charge in [0.1, 0.15) is 0 Å². The number of carboxylic acids is 13. The van der Waals surface area contributed by atoms with Gasteiger partial charge in [-0.15, -0.1) is 24.0 Å². The standard InChI is InChI=1S/C9H4I3NO5.C9H2I3NO4.C9H3I3O6.C8H4I3NO4.C8H5NO6.C8H7NO4.HI/c10-4-1(7(13)14)5(11)3(9(17)18)6(12)2(4)8(15)16;1-13-7-5(11)2(8(14)15)4(10)3(6(7)12)9(16)17;10-4-1(7(13)14)5(11)3(9(17)18)6(12)2(4)8(15)16;9-3-1(7(13)14)4(10)6(12)5(11)2(3)8(15)16;10-7(11)4-1-5(8(12)13)3-6(2-4)9(14)15;9-6-2-4(7(10)11)1-5(3-6)8(12)13;/h(H2,13,14)(H,15,16)(H,17,18);(H,14,15)(H,16,17);(H,13,14)(H,15,16)(H,17,18);12H2,(H,13,14)(H,15,16);1-3H,(H,10,11)(H,12,13);1-3H,9H2,(H,10,11)(H,12,13);1H. The lowest BCUT2D eigenvalue weighted by atomic mass is 10.1. The van der Waals surface area contributed by atoms with Crippen LogP contribution in [0.1, 0.15) is 145 Å². The maximum atomic E-state index is 11.3. The van der Waals surface area contributed by atoms with E-state index >= 15 is 0 Å². The summed E-state index contributed by atoms with van der Waals surface area (Å²) >= 11 is 20.3. The number of hydrogen-bond acceptors (Lipinski definition) is 18. The Morgan fingerprint density at radius 1 is 0.327 bits per heavy atom. The highest BCUT2D eigenvalue weighted by atomic mass is 127. The highest BCUT2D eigenvalue weighted by Crippen LogP contribution is 2.39. The van der Waals surface area contributed by atoms with Crippen molar-refractivity contribution in [2.24, 2.45) is 5.73 Å². The zero-order chi connectivity index (χ0) is 75.9. The van der Waals surface area contributed by atoms with E-state index in [0.717, 1.165) is 24.3 Å². The summed E-state index contributed by atoms with van der Waals surface area (Å²) in [7, 11) is 0. The normalized spacial score (nSPS) is 9.83. The number of hydrogen-bond donors (Lipinski definition) is 16. The highest BCUT2D eigenvalue weighted by molar-refractivity contribution is 14.1. The van der Waals surface area contributed by atoms with Gasteiger partial charge >= 0.3 is 77.6 Å². The molecule has 34 nitrogen and oxygen atoms in total. The van der Waals surface area contributed by atoms with Crippen LogP contribution >= 0.6 is 295 Å². The van der Waals surface area contributed by atoms with Crippen LogP contribution in [-0.2, 0) is 0 Å². The molecule has 0 aliphatic heterocycles. The van der Waals surface area contributed by atoms with Crippen LogP contribution in [0.25, 0.3) is 4.85 Å². The SMILES string of the molecule is I.NC(=O)c1c(I)c(C(=O)O)c(I)c(C(=O)O)c1I.Nc1c(I)c(C(=O)O)c(I)c(C(=O)O)c1I.Nc1cc(C(=O)O)cc(C(=O)O)c1.O=C(O)c1c(I)c(C(=O)O)c(I)c(C(=O)O)c1I.O=C(O)c1cc(C(=O)O)cc([N+](=O)[O-])c1.[C-]#[N+]c1c(I)c(C(=O)O)c(I)c(C(=O)O)c1I. The molecule has 0 saturated carbocycles. The predicted octanol–water partition coefficient (Wildman–Crippen LogP) is 12.8. The molecule has 0 radical (unpaired) electrons. The number of aromatic carboxylic acids is 13. The third kappa shape index (κ3) is 24.0. The number of carbonyl (C=O) groups excluding carboxylic acids is 1. The first-order valence-corrected chi connectivity index (χ1v) is 35.8. The Bertz CT molecular complexity index is 4020. The molecule has 6 aromatic carbocycles. The van der Waals surface area contributed by atoms with E-state index in [4.69, 9.17) is 90.2 Å². The average molecular weight is 2820 g/mol. The van der Waals surface area contributed by atoms with Crippen molar-refractivity contribution in [2.75, 3.05) is 11.5 Å². The van der Waals surface area contributed by atoms with E-state index < -0.39 is 105 Å². The third-order valence-electron chi connectivity index (χ3n) is 10.6. The van der Waals surface area contributed by atoms with Gasteiger partial charge in [0, 0.05) is 53.5 Å². The number of primary amides is 1. The largest absolute Gasteiger partial charge is 0.478 e. The van der Waals surface area contributed by atoms with E-state index in [-0.39, 0.29) is 144 Å². The molecule has 0 heterocycles. The van der Waals surface area contributed by atoms with Crippen LogP contribution in [-0.4, -0.2) is 155 Å². The quantitative estimate of drug-likeness (QED) is 0.0149. The molecule has 1 amide bonds. The zero-order valence-electron chi connectivity index (χ0n) is 45.9. The van der Waals surface area contributed by atoms with E-state index in [2.05, 4.69) is 4.85 Å². The van der Waals surface area contributed by atoms with Gasteiger partial charge in [0.2, 0.25) is 5.69 Å². The van der Waals surface area contributed by atoms with Crippen LogP contribution in [0.2, 0.25) is 0 Å². The minimum absolute atomic E-state index is 0. The molecule has 0 fully saturated rings. The molecule has 19 N–H and O–H groups in total. The number of nitro groups is 1. The Labute approximate surface area is 723 Å². The molecule has 0 saturated heterocycles. The van der Waals surface area contributed by atoms with Gasteiger partial charge in [0.25, 0.3) is 11.6 Å². The number of nitro benzene ring substituents is 1. The van der Waals surface area contributed by atoms with Gasteiger partial charge in [-0.05, 0) is 250 Å². The number of nitrogen functional groups attached to an aromatic ring is 2. The molecule has 0 aromatic heterocycles. The molecular formula is C51H26I13N5O29. The number of amides is 1. The lowest BCUT2D eigenvalue weighted by Gasteiger charge is -2.13. The fourth-order valence-corrected chi connectivity index (χ4v) is 24.1. The lowest BCUT2D eigenvalue weighted by Crippen LogP contribution is -2.22. The first kappa shape index (κ1) is 93.9. The summed E-state index contributed by atoms with van der Waals surface area (Å²) in [6, 6.07) is 5.92. The number of halogens is 13. The maximum absolute atomic E-state index is 11.3. The van der Waals surface area contributed by atoms with E-state index in [9.17, 15) is 77.2 Å². The smallest absolute Gasteiger partial charge is 0.337 e. The number of nitrogens with zero attached hydrogens (tertiary/aromatic N) is 2. The summed E-state index contributed by atoms with van der Waals surface area (Å²) in [5.41, 5.74) is 13.1. The van der Waals surface area contributed by atoms with Crippen molar-refractivity contribution in [1.82, 2.24) is 0 Å². The highest BCUT2D eigenvalue weighted by Gasteiger charge is 2.33. The van der Waals surface area contributed by atoms with Gasteiger partial charge < -0.3 is 83.6 Å². The number of carbonyl (C=O) groups is 14. The van der Waals surface area contributed by atoms with Gasteiger partial charge in [-0.1, -0.05) is 45.2 Å². The molecule has 6 rings (SSSR count). The molecule has 520 valence electrons. The Hall–Kier alpha value is -4.12. The summed E-state index contributed by atoms with van der Waals surface area (Å²) in [5.74, 6) is -17.6. The van der Waals surface area contributed by atoms with Crippen LogP contribution < -0.4 is 17.2 Å². The van der Waals surface area contributed by atoms with Crippen LogP contribution in [0.3, 0.4) is 0 Å². The van der Waals surface area contributed by atoms with Crippen LogP contribution in [0.4, 0.5) is 22.7 Å². The molecular weight excluding hydrogens is 2800 g/mol. The topological polar surface area (TPSA) is 628 Å². The fraction of sp³-hybridized carbons (Fsp3) is 0. The summed E-state index contributed by atoms with van der Waals surface area (Å²) < 4.78 is 2.03. The van der Waals surface area contributed by atoms with Crippen molar-refractivity contribution in [2.45, 2.75) is 0 Å². The average Bonchev–Trinajstić information content (AvgIpc) is 0.790. The summed E-state index contributed by atoms with van der Waals surface area (Å²) in [4.78, 5) is 166. The Kier molecular flexibility index (Phi) is 39.5. The van der Waals surface area contributed by atoms with Crippen molar-refractivity contribution >= 4 is 401 Å². The van der Waals surface area contributed by atoms with Gasteiger partial charge in [-0.2, -0.15) is 0 Å². The van der Waals surface area contributed by atoms with Crippen LogP contribution in [0, 0.1) is 59.5 Å². The van der Waals surface area contributed by atoms with Crippen molar-refractivity contribution in [1.29, 1.82) is 0 Å². The first-order valence-electron chi connectivity index (χ1n) is 22.9. The summed E-state index contributed by atoms with van der Waals surface area (Å²) in [6.07, 6.45) is 0. The predicted molar refractivity (Wildman–Crippen MR) is 447 cm³/mol. The van der Waals surface area contributed by atoms with Gasteiger partial charge in [0.15, 0.2) is 0 Å². The molecule has 0 aliphatic rings. The number of benzene rings is 6. The number of rotatable bonds is 15. The number of anilines is 2. The minimum atomic E-state index is -1.42. The molecule has 47 heteroatoms. The third-order valence-corrected chi connectivity index (χ3v) is 23.6. The molecule has 0 bridgehead atoms. The summed E-state index contributed by atoms with van der Waals surface area (Å²) in [6.45, 7) is 7.00. The fourth-order valence-electron chi connectivity index (χ4n) is 6.53. The molecule has 0 atom stereocenters. The van der Waals surface area contributed by atoms with Gasteiger partial charge in [0.05, 0.1) is 102 Å². The molecule has 98 heavy (non-hydrogen) atoms. The van der Waals surface area contributed by atoms with Crippen molar-refractivity contribution in [3.63, 3.8) is 0 Å². The van der Waals surface area contributed by atoms with Crippen molar-refractivity contribution in [3.8, 4) is 0 Å². The zero-order valence-corrected chi connectivity index (χ0v) is 74.1. The Morgan fingerprint density at radius 3 is 0.684 bits per heavy atom. The second-order valence-electron chi connectivity index (χ2n) is 16.6. The van der Waals surface area contributed by atoms with E-state index in [1.165, 1.54) is 12.1 Å². The van der Waals surface area contributed by atoms with E-state index in [0.29, 0.717) is 7.14 Å². The lowest BCUT2D eigenvalue weighted by molar-refractivity contribution is -0.384. The molecule has 0 unspecified atom stereocenters. The van der Waals surface area contributed by atoms with Gasteiger partial charge in [-0.25, -0.2) is 67.2 Å². The van der Waals surface area contributed by atoms with Crippen LogP contribution in [0.15, 0.2) is 36.4 Å². The van der Waals surface area contributed by atoms with Crippen molar-refractivity contribution < 1.29 is 138 Å². The molecule has 6 aromatic rings. The number of non-ortho nitro benzene ring substituents is 1. The van der Waals surface area contributed by atoms with Gasteiger partial charge in [-0.3, -0.25) is 14.9 Å². The number of carboxylic acid groups (broad SMARTS) is 13. The monoisotopic (exact) mass is 2820 g/mol. The van der Waals surface area contributed by atoms with E-state index in [1.54, 1.807) is 271 Å². The number of nitrogens with two attached hydrogens (primary N) is 3.